The van der Waals surface area contributed by atoms with Crippen molar-refractivity contribution in [2.45, 2.75) is 13.3 Å². The van der Waals surface area contributed by atoms with E-state index in [9.17, 15) is 0 Å². The SMILES string of the molecule is CCC[NH][Ga]([c]1ccccc1)[c]1ccccc1. The Bertz CT molecular complexity index is 388. The molecule has 2 aromatic carbocycles. The second kappa shape index (κ2) is 6.69. The molecule has 0 aromatic heterocycles. The zero-order valence-electron chi connectivity index (χ0n) is 10.3. The third-order valence-corrected chi connectivity index (χ3v) is 8.74. The summed E-state index contributed by atoms with van der Waals surface area (Å²) in [6, 6.07) is 21.8. The Morgan fingerprint density at radius 3 is 1.71 bits per heavy atom. The van der Waals surface area contributed by atoms with Crippen LogP contribution in [0.2, 0.25) is 0 Å². The summed E-state index contributed by atoms with van der Waals surface area (Å²) in [6.07, 6.45) is 1.20. The summed E-state index contributed by atoms with van der Waals surface area (Å²) < 4.78 is 6.82. The van der Waals surface area contributed by atoms with Gasteiger partial charge in [-0.3, -0.25) is 0 Å². The zero-order chi connectivity index (χ0) is 11.9. The fourth-order valence-electron chi connectivity index (χ4n) is 2.01. The van der Waals surface area contributed by atoms with E-state index in [0.717, 1.165) is 6.54 Å². The first-order valence-electron chi connectivity index (χ1n) is 6.25. The minimum absolute atomic E-state index is 1.12. The van der Waals surface area contributed by atoms with Crippen LogP contribution in [0.1, 0.15) is 13.3 Å². The summed E-state index contributed by atoms with van der Waals surface area (Å²) in [6.45, 7) is 3.34. The number of hydrogen-bond donors (Lipinski definition) is 1. The van der Waals surface area contributed by atoms with Crippen LogP contribution < -0.4 is 12.3 Å². The minimum atomic E-state index is -1.75. The van der Waals surface area contributed by atoms with Gasteiger partial charge in [-0.25, -0.2) is 0 Å². The van der Waals surface area contributed by atoms with Crippen LogP contribution in [0.4, 0.5) is 0 Å². The molecule has 0 aliphatic carbocycles. The molecular weight excluding hydrogens is 264 g/mol. The van der Waals surface area contributed by atoms with Gasteiger partial charge in [-0.1, -0.05) is 0 Å². The molecule has 0 heterocycles. The van der Waals surface area contributed by atoms with E-state index in [1.54, 1.807) is 0 Å². The fourth-order valence-corrected chi connectivity index (χ4v) is 7.56. The van der Waals surface area contributed by atoms with Gasteiger partial charge >= 0.3 is 109 Å². The van der Waals surface area contributed by atoms with Crippen LogP contribution in [-0.4, -0.2) is 23.0 Å². The molecule has 0 unspecified atom stereocenters. The van der Waals surface area contributed by atoms with Crippen molar-refractivity contribution in [3.8, 4) is 0 Å². The fraction of sp³-hybridized carbons (Fsp3) is 0.200. The number of rotatable bonds is 5. The monoisotopic (exact) mass is 281 g/mol. The van der Waals surface area contributed by atoms with E-state index in [2.05, 4.69) is 71.6 Å². The molecule has 1 nitrogen and oxygen atoms in total. The van der Waals surface area contributed by atoms with E-state index in [4.69, 9.17) is 0 Å². The Morgan fingerprint density at radius 1 is 0.824 bits per heavy atom. The van der Waals surface area contributed by atoms with E-state index in [-0.39, 0.29) is 0 Å². The van der Waals surface area contributed by atoms with Gasteiger partial charge in [-0.05, 0) is 0 Å². The molecule has 0 fully saturated rings. The van der Waals surface area contributed by atoms with Crippen LogP contribution in [0.3, 0.4) is 0 Å². The molecule has 86 valence electrons. The Balaban J connectivity index is 2.26. The van der Waals surface area contributed by atoms with Gasteiger partial charge in [0.1, 0.15) is 0 Å². The molecule has 0 bridgehead atoms. The Morgan fingerprint density at radius 2 is 1.29 bits per heavy atom. The first-order valence-corrected chi connectivity index (χ1v) is 9.88. The molecule has 0 saturated heterocycles. The van der Waals surface area contributed by atoms with Gasteiger partial charge < -0.3 is 0 Å². The van der Waals surface area contributed by atoms with Crippen molar-refractivity contribution < 1.29 is 0 Å². The second-order valence-electron chi connectivity index (χ2n) is 4.21. The summed E-state index contributed by atoms with van der Waals surface area (Å²) in [4.78, 5) is 0. The maximum atomic E-state index is 3.79. The van der Waals surface area contributed by atoms with Gasteiger partial charge in [0, 0.05) is 0 Å². The van der Waals surface area contributed by atoms with E-state index in [1.807, 2.05) is 0 Å². The van der Waals surface area contributed by atoms with E-state index >= 15 is 0 Å². The molecule has 0 radical (unpaired) electrons. The van der Waals surface area contributed by atoms with Gasteiger partial charge in [-0.15, -0.1) is 0 Å². The van der Waals surface area contributed by atoms with Crippen molar-refractivity contribution in [3.05, 3.63) is 60.7 Å². The first-order chi connectivity index (χ1) is 8.42. The Hall–Kier alpha value is -0.964. The van der Waals surface area contributed by atoms with Crippen LogP contribution in [0, 0.1) is 0 Å². The van der Waals surface area contributed by atoms with Crippen molar-refractivity contribution in [1.29, 1.82) is 0 Å². The summed E-state index contributed by atoms with van der Waals surface area (Å²) in [5.41, 5.74) is 0. The Kier molecular flexibility index (Phi) is 4.92. The van der Waals surface area contributed by atoms with Gasteiger partial charge in [-0.2, -0.15) is 0 Å². The molecule has 0 aliphatic rings. The number of nitrogens with one attached hydrogen (secondary N) is 1. The third kappa shape index (κ3) is 3.50. The quantitative estimate of drug-likeness (QED) is 0.824. The van der Waals surface area contributed by atoms with Crippen molar-refractivity contribution in [1.82, 2.24) is 4.02 Å². The molecular formula is C15H18GaN. The average molecular weight is 282 g/mol. The summed E-state index contributed by atoms with van der Waals surface area (Å²) >= 11 is -1.75. The molecule has 1 N–H and O–H groups in total. The molecule has 2 aromatic rings. The van der Waals surface area contributed by atoms with Gasteiger partial charge in [0.2, 0.25) is 0 Å². The van der Waals surface area contributed by atoms with Crippen molar-refractivity contribution in [2.75, 3.05) is 6.54 Å². The van der Waals surface area contributed by atoms with E-state index in [1.165, 1.54) is 14.7 Å². The molecule has 0 atom stereocenters. The zero-order valence-corrected chi connectivity index (χ0v) is 12.7. The molecule has 0 amide bonds. The second-order valence-corrected chi connectivity index (χ2v) is 9.68. The standard InChI is InChI=1S/2C6H5.C3H8N.Ga/c2*1-2-4-6-5-3-1;1-2-3-4;/h2*1-5H;4H,2-3H2,1H3;/q;;-1;+1. The van der Waals surface area contributed by atoms with E-state index < -0.39 is 16.5 Å². The molecule has 17 heavy (non-hydrogen) atoms. The predicted molar refractivity (Wildman–Crippen MR) is 76.2 cm³/mol. The van der Waals surface area contributed by atoms with Crippen LogP contribution in [0.15, 0.2) is 60.7 Å². The van der Waals surface area contributed by atoms with Crippen LogP contribution in [-0.2, 0) is 0 Å². The van der Waals surface area contributed by atoms with Crippen molar-refractivity contribution in [3.63, 3.8) is 0 Å². The third-order valence-electron chi connectivity index (χ3n) is 2.86. The van der Waals surface area contributed by atoms with Crippen LogP contribution >= 0.6 is 0 Å². The van der Waals surface area contributed by atoms with Crippen molar-refractivity contribution in [2.24, 2.45) is 0 Å². The average Bonchev–Trinajstić information content (AvgIpc) is 2.42. The maximum absolute atomic E-state index is 3.79. The van der Waals surface area contributed by atoms with Crippen LogP contribution in [0.25, 0.3) is 0 Å². The number of benzene rings is 2. The van der Waals surface area contributed by atoms with Gasteiger partial charge in [0.05, 0.1) is 0 Å². The summed E-state index contributed by atoms with van der Waals surface area (Å²) in [5, 5.41) is 0. The molecule has 2 heteroatoms. The number of hydrogen-bond acceptors (Lipinski definition) is 1. The van der Waals surface area contributed by atoms with Crippen LogP contribution in [0.5, 0.6) is 0 Å². The topological polar surface area (TPSA) is 12.0 Å². The molecule has 0 spiro atoms. The molecule has 2 rings (SSSR count). The normalized spacial score (nSPS) is 10.2. The summed E-state index contributed by atoms with van der Waals surface area (Å²) in [5.74, 6) is 0. The first kappa shape index (κ1) is 12.5. The molecule has 0 saturated carbocycles. The van der Waals surface area contributed by atoms with E-state index in [0.29, 0.717) is 0 Å². The summed E-state index contributed by atoms with van der Waals surface area (Å²) in [7, 11) is 0. The van der Waals surface area contributed by atoms with Gasteiger partial charge in [0.15, 0.2) is 0 Å². The molecule has 0 aliphatic heterocycles. The van der Waals surface area contributed by atoms with Gasteiger partial charge in [0.25, 0.3) is 0 Å². The Labute approximate surface area is 109 Å². The predicted octanol–water partition coefficient (Wildman–Crippen LogP) is 1.79. The van der Waals surface area contributed by atoms with Crippen molar-refractivity contribution >= 4 is 24.7 Å².